The maximum Gasteiger partial charge on any atom is 0.217 e. The number of hydrogen-bond acceptors (Lipinski definition) is 7. The Labute approximate surface area is 191 Å². The second kappa shape index (κ2) is 8.09. The first-order valence-electron chi connectivity index (χ1n) is 10.4. The predicted octanol–water partition coefficient (Wildman–Crippen LogP) is 2.68. The molecule has 1 saturated carbocycles. The first-order chi connectivity index (χ1) is 15.4. The first kappa shape index (κ1) is 21.3. The van der Waals surface area contributed by atoms with Gasteiger partial charge in [-0.3, -0.25) is 4.40 Å². The number of halogens is 1. The number of methoxy groups -OCH3 is 2. The average Bonchev–Trinajstić information content (AvgIpc) is 3.59. The van der Waals surface area contributed by atoms with Crippen molar-refractivity contribution in [3.63, 3.8) is 0 Å². The standard InChI is InChI=1S/C21H24ClN5O4S/c1-30-18-10-19(31-2)16(22)9-15(18)17-12-26-13-23-20(11-21(26)24-17)25-5-7-27(8-6-25)32(28,29)14-3-4-14/h9-14H,3-8H2,1-2H3. The quantitative estimate of drug-likeness (QED) is 0.539. The van der Waals surface area contributed by atoms with Crippen LogP contribution in [0.1, 0.15) is 12.8 Å². The number of rotatable bonds is 6. The Bertz CT molecular complexity index is 1270. The van der Waals surface area contributed by atoms with Gasteiger partial charge in [0.25, 0.3) is 0 Å². The van der Waals surface area contributed by atoms with Crippen molar-refractivity contribution in [1.82, 2.24) is 18.7 Å². The molecule has 0 amide bonds. The minimum atomic E-state index is -3.13. The molecule has 9 nitrogen and oxygen atoms in total. The maximum atomic E-state index is 12.5. The molecule has 0 radical (unpaired) electrons. The summed E-state index contributed by atoms with van der Waals surface area (Å²) in [7, 11) is 0.00971. The lowest BCUT2D eigenvalue weighted by molar-refractivity contribution is 0.383. The third kappa shape index (κ3) is 3.76. The number of piperazine rings is 1. The highest BCUT2D eigenvalue weighted by molar-refractivity contribution is 7.90. The number of nitrogens with zero attached hydrogens (tertiary/aromatic N) is 5. The molecule has 1 aromatic carbocycles. The van der Waals surface area contributed by atoms with Crippen molar-refractivity contribution >= 4 is 33.1 Å². The van der Waals surface area contributed by atoms with Crippen LogP contribution in [-0.4, -0.2) is 72.7 Å². The van der Waals surface area contributed by atoms with Gasteiger partial charge in [0.2, 0.25) is 10.0 Å². The number of aromatic nitrogens is 3. The maximum absolute atomic E-state index is 12.5. The van der Waals surface area contributed by atoms with Gasteiger partial charge in [-0.1, -0.05) is 11.6 Å². The monoisotopic (exact) mass is 477 g/mol. The molecule has 1 aliphatic heterocycles. The third-order valence-electron chi connectivity index (χ3n) is 5.95. The van der Waals surface area contributed by atoms with Crippen molar-refractivity contribution in [2.45, 2.75) is 18.1 Å². The number of hydrogen-bond donors (Lipinski definition) is 0. The zero-order valence-electron chi connectivity index (χ0n) is 17.9. The van der Waals surface area contributed by atoms with E-state index in [0.29, 0.717) is 48.4 Å². The Balaban J connectivity index is 1.39. The smallest absolute Gasteiger partial charge is 0.217 e. The van der Waals surface area contributed by atoms with Crippen LogP contribution in [0.2, 0.25) is 5.02 Å². The minimum absolute atomic E-state index is 0.171. The molecule has 3 aromatic rings. The second-order valence-electron chi connectivity index (χ2n) is 7.96. The summed E-state index contributed by atoms with van der Waals surface area (Å²) in [6.07, 6.45) is 5.15. The fraction of sp³-hybridized carbons (Fsp3) is 0.429. The van der Waals surface area contributed by atoms with E-state index < -0.39 is 10.0 Å². The van der Waals surface area contributed by atoms with Gasteiger partial charge in [0.05, 0.1) is 30.2 Å². The lowest BCUT2D eigenvalue weighted by atomic mass is 10.1. The number of fused-ring (bicyclic) bond motifs is 1. The molecule has 32 heavy (non-hydrogen) atoms. The Kier molecular flexibility index (Phi) is 5.39. The second-order valence-corrected chi connectivity index (χ2v) is 10.6. The van der Waals surface area contributed by atoms with Crippen LogP contribution in [0, 0.1) is 0 Å². The summed E-state index contributed by atoms with van der Waals surface area (Å²) in [5, 5.41) is 0.300. The number of ether oxygens (including phenoxy) is 2. The Morgan fingerprint density at radius 1 is 1.03 bits per heavy atom. The molecule has 0 N–H and O–H groups in total. The Morgan fingerprint density at radius 3 is 2.41 bits per heavy atom. The molecule has 1 saturated heterocycles. The zero-order chi connectivity index (χ0) is 22.5. The number of sulfonamides is 1. The van der Waals surface area contributed by atoms with Gasteiger partial charge in [-0.05, 0) is 18.9 Å². The van der Waals surface area contributed by atoms with E-state index in [0.717, 1.165) is 29.9 Å². The summed E-state index contributed by atoms with van der Waals surface area (Å²) >= 11 is 6.32. The summed E-state index contributed by atoms with van der Waals surface area (Å²) in [5.74, 6) is 1.91. The molecule has 170 valence electrons. The van der Waals surface area contributed by atoms with E-state index in [1.54, 1.807) is 37.0 Å². The highest BCUT2D eigenvalue weighted by Crippen LogP contribution is 2.38. The van der Waals surface area contributed by atoms with E-state index in [1.807, 2.05) is 16.7 Å². The first-order valence-corrected chi connectivity index (χ1v) is 12.3. The molecule has 0 atom stereocenters. The zero-order valence-corrected chi connectivity index (χ0v) is 19.4. The van der Waals surface area contributed by atoms with Crippen molar-refractivity contribution < 1.29 is 17.9 Å². The molecule has 0 spiro atoms. The van der Waals surface area contributed by atoms with E-state index in [2.05, 4.69) is 9.88 Å². The lowest BCUT2D eigenvalue weighted by Gasteiger charge is -2.34. The van der Waals surface area contributed by atoms with Crippen molar-refractivity contribution in [2.24, 2.45) is 0 Å². The van der Waals surface area contributed by atoms with E-state index in [1.165, 1.54) is 0 Å². The molecule has 2 aromatic heterocycles. The SMILES string of the molecule is COc1cc(OC)c(-c2cn3cnc(N4CCN(S(=O)(=O)C5CC5)CC4)cc3n2)cc1Cl. The predicted molar refractivity (Wildman–Crippen MR) is 122 cm³/mol. The van der Waals surface area contributed by atoms with Crippen LogP contribution in [0.15, 0.2) is 30.7 Å². The molecule has 2 fully saturated rings. The van der Waals surface area contributed by atoms with Crippen LogP contribution in [0.4, 0.5) is 5.82 Å². The van der Waals surface area contributed by atoms with Crippen molar-refractivity contribution in [1.29, 1.82) is 0 Å². The van der Waals surface area contributed by atoms with Gasteiger partial charge in [0, 0.05) is 50.1 Å². The van der Waals surface area contributed by atoms with Gasteiger partial charge >= 0.3 is 0 Å². The molecule has 5 rings (SSSR count). The Morgan fingerprint density at radius 2 is 1.75 bits per heavy atom. The molecule has 0 bridgehead atoms. The summed E-state index contributed by atoms with van der Waals surface area (Å²) in [6.45, 7) is 2.16. The van der Waals surface area contributed by atoms with E-state index >= 15 is 0 Å². The van der Waals surface area contributed by atoms with Crippen LogP contribution in [-0.2, 0) is 10.0 Å². The van der Waals surface area contributed by atoms with Gasteiger partial charge < -0.3 is 14.4 Å². The highest BCUT2D eigenvalue weighted by atomic mass is 35.5. The molecular weight excluding hydrogens is 454 g/mol. The molecular formula is C21H24ClN5O4S. The molecule has 11 heteroatoms. The largest absolute Gasteiger partial charge is 0.496 e. The van der Waals surface area contributed by atoms with Gasteiger partial charge in [-0.15, -0.1) is 0 Å². The minimum Gasteiger partial charge on any atom is -0.496 e. The van der Waals surface area contributed by atoms with Crippen molar-refractivity contribution in [2.75, 3.05) is 45.3 Å². The van der Waals surface area contributed by atoms with E-state index in [-0.39, 0.29) is 5.25 Å². The van der Waals surface area contributed by atoms with Crippen LogP contribution in [0.3, 0.4) is 0 Å². The number of benzene rings is 1. The fourth-order valence-electron chi connectivity index (χ4n) is 3.99. The Hall–Kier alpha value is -2.56. The van der Waals surface area contributed by atoms with Crippen LogP contribution < -0.4 is 14.4 Å². The number of anilines is 1. The van der Waals surface area contributed by atoms with Gasteiger partial charge in [0.1, 0.15) is 29.3 Å². The average molecular weight is 478 g/mol. The van der Waals surface area contributed by atoms with Gasteiger partial charge in [-0.25, -0.2) is 18.4 Å². The molecule has 3 heterocycles. The molecule has 2 aliphatic rings. The van der Waals surface area contributed by atoms with Gasteiger partial charge in [-0.2, -0.15) is 4.31 Å². The van der Waals surface area contributed by atoms with Crippen molar-refractivity contribution in [3.05, 3.63) is 35.7 Å². The van der Waals surface area contributed by atoms with Gasteiger partial charge in [0.15, 0.2) is 0 Å². The van der Waals surface area contributed by atoms with Crippen molar-refractivity contribution in [3.8, 4) is 22.8 Å². The van der Waals surface area contributed by atoms with E-state index in [9.17, 15) is 8.42 Å². The normalized spacial score (nSPS) is 17.7. The molecule has 0 unspecified atom stereocenters. The topological polar surface area (TPSA) is 89.3 Å². The molecule has 1 aliphatic carbocycles. The van der Waals surface area contributed by atoms with Crippen LogP contribution in [0.25, 0.3) is 16.9 Å². The van der Waals surface area contributed by atoms with E-state index in [4.69, 9.17) is 26.1 Å². The van der Waals surface area contributed by atoms with Crippen LogP contribution in [0.5, 0.6) is 11.5 Å². The number of imidazole rings is 1. The third-order valence-corrected chi connectivity index (χ3v) is 8.65. The lowest BCUT2D eigenvalue weighted by Crippen LogP contribution is -2.49. The summed E-state index contributed by atoms with van der Waals surface area (Å²) < 4.78 is 39.2. The summed E-state index contributed by atoms with van der Waals surface area (Å²) in [6, 6.07) is 5.42. The summed E-state index contributed by atoms with van der Waals surface area (Å²) in [4.78, 5) is 11.4. The highest BCUT2D eigenvalue weighted by Gasteiger charge is 2.41. The fourth-order valence-corrected chi connectivity index (χ4v) is 6.06. The van der Waals surface area contributed by atoms with Crippen LogP contribution >= 0.6 is 11.6 Å². The summed E-state index contributed by atoms with van der Waals surface area (Å²) in [5.41, 5.74) is 2.18.